The van der Waals surface area contributed by atoms with Gasteiger partial charge in [0.15, 0.2) is 0 Å². The van der Waals surface area contributed by atoms with Crippen LogP contribution in [0.5, 0.6) is 11.5 Å². The zero-order chi connectivity index (χ0) is 20.2. The molecule has 0 N–H and O–H groups in total. The largest absolute Gasteiger partial charge is 0.496 e. The van der Waals surface area contributed by atoms with E-state index in [1.165, 1.54) is 12.1 Å². The van der Waals surface area contributed by atoms with Crippen molar-refractivity contribution in [3.63, 3.8) is 0 Å². The lowest BCUT2D eigenvalue weighted by Crippen LogP contribution is -1.99. The molecule has 1 heterocycles. The molecule has 0 saturated heterocycles. The lowest BCUT2D eigenvalue weighted by Gasteiger charge is -2.11. The molecule has 0 radical (unpaired) electrons. The number of methoxy groups -OCH3 is 1. The molecule has 0 aliphatic heterocycles. The quantitative estimate of drug-likeness (QED) is 0.403. The molecular weight excluding hydrogens is 395 g/mol. The van der Waals surface area contributed by atoms with Crippen LogP contribution in [-0.4, -0.2) is 17.3 Å². The SMILES string of the molecule is COc1ccc(-c2nc(-c3ccc(F)cc3)no2)cc1COc1ccc(Cl)cc1. The third-order valence-electron chi connectivity index (χ3n) is 4.26. The summed E-state index contributed by atoms with van der Waals surface area (Å²) in [6, 6.07) is 18.5. The van der Waals surface area contributed by atoms with E-state index in [0.29, 0.717) is 33.8 Å². The smallest absolute Gasteiger partial charge is 0.258 e. The number of halogens is 2. The van der Waals surface area contributed by atoms with Crippen LogP contribution in [0.25, 0.3) is 22.8 Å². The summed E-state index contributed by atoms with van der Waals surface area (Å²) in [5.74, 6) is 1.78. The minimum atomic E-state index is -0.321. The highest BCUT2D eigenvalue weighted by atomic mass is 35.5. The molecule has 0 spiro atoms. The Kier molecular flexibility index (Phi) is 5.44. The molecule has 1 aromatic heterocycles. The van der Waals surface area contributed by atoms with Crippen LogP contribution in [0.4, 0.5) is 4.39 Å². The number of hydrogen-bond acceptors (Lipinski definition) is 5. The van der Waals surface area contributed by atoms with E-state index in [-0.39, 0.29) is 12.4 Å². The standard InChI is InChI=1S/C22H16ClFN2O3/c1-27-20-11-4-15(12-16(20)13-28-19-9-5-17(23)6-10-19)22-25-21(26-29-22)14-2-7-18(24)8-3-14/h2-12H,13H2,1H3. The third-order valence-corrected chi connectivity index (χ3v) is 4.52. The molecule has 0 aliphatic carbocycles. The fourth-order valence-electron chi connectivity index (χ4n) is 2.77. The van der Waals surface area contributed by atoms with Crippen molar-refractivity contribution in [1.82, 2.24) is 10.1 Å². The summed E-state index contributed by atoms with van der Waals surface area (Å²) in [6.45, 7) is 0.289. The summed E-state index contributed by atoms with van der Waals surface area (Å²) < 4.78 is 29.7. The van der Waals surface area contributed by atoms with Crippen molar-refractivity contribution in [3.05, 3.63) is 83.1 Å². The van der Waals surface area contributed by atoms with E-state index in [1.807, 2.05) is 18.2 Å². The zero-order valence-electron chi connectivity index (χ0n) is 15.4. The van der Waals surface area contributed by atoms with Gasteiger partial charge in [0.2, 0.25) is 5.82 Å². The average Bonchev–Trinajstić information content (AvgIpc) is 3.24. The van der Waals surface area contributed by atoms with E-state index in [9.17, 15) is 4.39 Å². The average molecular weight is 411 g/mol. The molecular formula is C22H16ClFN2O3. The van der Waals surface area contributed by atoms with Crippen LogP contribution in [0.15, 0.2) is 71.3 Å². The first-order valence-electron chi connectivity index (χ1n) is 8.77. The van der Waals surface area contributed by atoms with E-state index in [1.54, 1.807) is 43.5 Å². The first-order valence-corrected chi connectivity index (χ1v) is 9.15. The zero-order valence-corrected chi connectivity index (χ0v) is 16.2. The Balaban J connectivity index is 1.57. The molecule has 0 aliphatic rings. The number of ether oxygens (including phenoxy) is 2. The Morgan fingerprint density at radius 2 is 1.69 bits per heavy atom. The molecule has 5 nitrogen and oxygen atoms in total. The summed E-state index contributed by atoms with van der Waals surface area (Å²) in [7, 11) is 1.60. The molecule has 4 aromatic rings. The molecule has 0 atom stereocenters. The topological polar surface area (TPSA) is 57.4 Å². The lowest BCUT2D eigenvalue weighted by atomic mass is 10.1. The minimum absolute atomic E-state index is 0.289. The Morgan fingerprint density at radius 3 is 2.41 bits per heavy atom. The number of hydrogen-bond donors (Lipinski definition) is 0. The predicted octanol–water partition coefficient (Wildman–Crippen LogP) is 5.78. The van der Waals surface area contributed by atoms with Crippen molar-refractivity contribution in [2.45, 2.75) is 6.61 Å². The van der Waals surface area contributed by atoms with Crippen molar-refractivity contribution in [1.29, 1.82) is 0 Å². The Labute approximate surface area is 171 Å². The van der Waals surface area contributed by atoms with Gasteiger partial charge >= 0.3 is 0 Å². The van der Waals surface area contributed by atoms with Gasteiger partial charge in [-0.15, -0.1) is 0 Å². The number of rotatable bonds is 6. The second-order valence-corrected chi connectivity index (χ2v) is 6.64. The molecule has 4 rings (SSSR count). The predicted molar refractivity (Wildman–Crippen MR) is 107 cm³/mol. The van der Waals surface area contributed by atoms with Crippen molar-refractivity contribution >= 4 is 11.6 Å². The summed E-state index contributed by atoms with van der Waals surface area (Å²) >= 11 is 5.90. The molecule has 0 fully saturated rings. The van der Waals surface area contributed by atoms with Gasteiger partial charge in [0.1, 0.15) is 23.9 Å². The Hall–Kier alpha value is -3.38. The van der Waals surface area contributed by atoms with Gasteiger partial charge in [0.25, 0.3) is 5.89 Å². The van der Waals surface area contributed by atoms with Crippen LogP contribution >= 0.6 is 11.6 Å². The molecule has 3 aromatic carbocycles. The normalized spacial score (nSPS) is 10.7. The summed E-state index contributed by atoms with van der Waals surface area (Å²) in [5.41, 5.74) is 2.21. The summed E-state index contributed by atoms with van der Waals surface area (Å²) in [6.07, 6.45) is 0. The van der Waals surface area contributed by atoms with Gasteiger partial charge in [0.05, 0.1) is 7.11 Å². The van der Waals surface area contributed by atoms with Gasteiger partial charge in [-0.05, 0) is 66.7 Å². The summed E-state index contributed by atoms with van der Waals surface area (Å²) in [5, 5.41) is 4.63. The minimum Gasteiger partial charge on any atom is -0.496 e. The number of benzene rings is 3. The maximum atomic E-state index is 13.1. The highest BCUT2D eigenvalue weighted by molar-refractivity contribution is 6.30. The van der Waals surface area contributed by atoms with Crippen molar-refractivity contribution in [2.75, 3.05) is 7.11 Å². The molecule has 0 bridgehead atoms. The van der Waals surface area contributed by atoms with Crippen LogP contribution < -0.4 is 9.47 Å². The van der Waals surface area contributed by atoms with Crippen LogP contribution in [0.1, 0.15) is 5.56 Å². The van der Waals surface area contributed by atoms with E-state index in [0.717, 1.165) is 11.1 Å². The fourth-order valence-corrected chi connectivity index (χ4v) is 2.90. The fraction of sp³-hybridized carbons (Fsp3) is 0.0909. The van der Waals surface area contributed by atoms with Crippen LogP contribution in [0.2, 0.25) is 5.02 Å². The Bertz CT molecular complexity index is 1110. The van der Waals surface area contributed by atoms with Gasteiger partial charge in [0, 0.05) is 21.7 Å². The van der Waals surface area contributed by atoms with Crippen molar-refractivity contribution in [2.24, 2.45) is 0 Å². The Morgan fingerprint density at radius 1 is 0.966 bits per heavy atom. The third kappa shape index (κ3) is 4.38. The van der Waals surface area contributed by atoms with Gasteiger partial charge in [-0.3, -0.25) is 0 Å². The highest BCUT2D eigenvalue weighted by Gasteiger charge is 2.14. The van der Waals surface area contributed by atoms with E-state index < -0.39 is 0 Å². The molecule has 7 heteroatoms. The second kappa shape index (κ2) is 8.32. The highest BCUT2D eigenvalue weighted by Crippen LogP contribution is 2.28. The number of aromatic nitrogens is 2. The summed E-state index contributed by atoms with van der Waals surface area (Å²) in [4.78, 5) is 4.41. The van der Waals surface area contributed by atoms with Gasteiger partial charge in [-0.2, -0.15) is 4.98 Å². The van der Waals surface area contributed by atoms with Crippen molar-refractivity contribution < 1.29 is 18.4 Å². The van der Waals surface area contributed by atoms with E-state index in [4.69, 9.17) is 25.6 Å². The lowest BCUT2D eigenvalue weighted by molar-refractivity contribution is 0.296. The maximum Gasteiger partial charge on any atom is 0.258 e. The maximum absolute atomic E-state index is 13.1. The van der Waals surface area contributed by atoms with Crippen LogP contribution in [0, 0.1) is 5.82 Å². The molecule has 146 valence electrons. The first kappa shape index (κ1) is 19.0. The molecule has 0 amide bonds. The van der Waals surface area contributed by atoms with Crippen LogP contribution in [-0.2, 0) is 6.61 Å². The monoisotopic (exact) mass is 410 g/mol. The molecule has 0 unspecified atom stereocenters. The van der Waals surface area contributed by atoms with Gasteiger partial charge in [-0.25, -0.2) is 4.39 Å². The van der Waals surface area contributed by atoms with Crippen molar-refractivity contribution in [3.8, 4) is 34.3 Å². The molecule has 0 saturated carbocycles. The van der Waals surface area contributed by atoms with Crippen LogP contribution in [0.3, 0.4) is 0 Å². The van der Waals surface area contributed by atoms with Gasteiger partial charge < -0.3 is 14.0 Å². The number of nitrogens with zero attached hydrogens (tertiary/aromatic N) is 2. The van der Waals surface area contributed by atoms with Gasteiger partial charge in [-0.1, -0.05) is 16.8 Å². The second-order valence-electron chi connectivity index (χ2n) is 6.20. The van der Waals surface area contributed by atoms with E-state index in [2.05, 4.69) is 10.1 Å². The molecule has 29 heavy (non-hydrogen) atoms. The first-order chi connectivity index (χ1) is 14.1. The van der Waals surface area contributed by atoms with E-state index >= 15 is 0 Å².